The molecule has 21 heavy (non-hydrogen) atoms. The molecule has 0 aliphatic heterocycles. The van der Waals surface area contributed by atoms with E-state index in [-0.39, 0.29) is 10.5 Å². The van der Waals surface area contributed by atoms with E-state index in [1.807, 2.05) is 0 Å². The first-order valence-corrected chi connectivity index (χ1v) is 7.53. The van der Waals surface area contributed by atoms with E-state index in [9.17, 15) is 17.2 Å². The molecule has 2 rings (SSSR count). The molecule has 3 nitrogen and oxygen atoms in total. The van der Waals surface area contributed by atoms with Crippen molar-refractivity contribution in [3.8, 4) is 0 Å². The molecule has 1 atom stereocenters. The minimum atomic E-state index is -3.99. The molecule has 2 aromatic rings. The van der Waals surface area contributed by atoms with Crippen molar-refractivity contribution < 1.29 is 17.2 Å². The number of halogens is 2. The lowest BCUT2D eigenvalue weighted by molar-refractivity contribution is 0.507. The van der Waals surface area contributed by atoms with Crippen LogP contribution in [0.4, 0.5) is 8.78 Å². The Kier molecular flexibility index (Phi) is 4.05. The van der Waals surface area contributed by atoms with Crippen molar-refractivity contribution >= 4 is 9.84 Å². The quantitative estimate of drug-likeness (QED) is 0.812. The topological polar surface area (TPSA) is 38.5 Å². The van der Waals surface area contributed by atoms with Gasteiger partial charge in [-0.25, -0.2) is 23.8 Å². The molecular weight excluding hydrogens is 296 g/mol. The smallest absolute Gasteiger partial charge is 0.291 e. The lowest BCUT2D eigenvalue weighted by Crippen LogP contribution is -2.11. The van der Waals surface area contributed by atoms with Crippen molar-refractivity contribution in [1.29, 1.82) is 0 Å². The van der Waals surface area contributed by atoms with Crippen molar-refractivity contribution in [2.45, 2.75) is 17.2 Å². The van der Waals surface area contributed by atoms with Crippen LogP contribution in [-0.2, 0) is 9.84 Å². The second-order valence-electron chi connectivity index (χ2n) is 4.51. The molecule has 6 heteroatoms. The Hall–Kier alpha value is -2.26. The maximum atomic E-state index is 13.2. The summed E-state index contributed by atoms with van der Waals surface area (Å²) in [7, 11) is -3.99. The number of sulfone groups is 1. The summed E-state index contributed by atoms with van der Waals surface area (Å²) in [6.07, 6.45) is 0. The number of rotatable bonds is 3. The van der Waals surface area contributed by atoms with Crippen molar-refractivity contribution in [2.24, 2.45) is 0 Å². The van der Waals surface area contributed by atoms with Crippen LogP contribution in [0.3, 0.4) is 0 Å². The Balaban J connectivity index is 2.52. The van der Waals surface area contributed by atoms with Gasteiger partial charge in [0.2, 0.25) is 0 Å². The lowest BCUT2D eigenvalue weighted by Gasteiger charge is -2.08. The predicted molar refractivity (Wildman–Crippen MR) is 74.1 cm³/mol. The van der Waals surface area contributed by atoms with Gasteiger partial charge in [0.05, 0.1) is 10.5 Å². The summed E-state index contributed by atoms with van der Waals surface area (Å²) in [5.74, 6) is -2.27. The molecule has 0 fully saturated rings. The van der Waals surface area contributed by atoms with Gasteiger partial charge in [-0.15, -0.1) is 0 Å². The number of hydrogen-bond acceptors (Lipinski definition) is 2. The van der Waals surface area contributed by atoms with Gasteiger partial charge in [-0.05, 0) is 37.3 Å². The van der Waals surface area contributed by atoms with Crippen LogP contribution in [0.15, 0.2) is 47.4 Å². The highest BCUT2D eigenvalue weighted by Gasteiger charge is 2.35. The van der Waals surface area contributed by atoms with E-state index in [0.717, 1.165) is 23.8 Å². The molecule has 0 saturated carbocycles. The standard InChI is InChI=1S/C15H11F2NO2S/c1-10-3-6-12(7-4-10)21(19,20)15(18-2)11-5-8-13(16)14(17)9-11/h3-9,15H,1H3/t15-/m0/s1. The number of nitrogens with zero attached hydrogens (tertiary/aromatic N) is 1. The molecule has 0 aromatic heterocycles. The highest BCUT2D eigenvalue weighted by Crippen LogP contribution is 2.31. The second-order valence-corrected chi connectivity index (χ2v) is 6.52. The third-order valence-corrected chi connectivity index (χ3v) is 4.88. The Morgan fingerprint density at radius 2 is 1.67 bits per heavy atom. The van der Waals surface area contributed by atoms with E-state index in [2.05, 4.69) is 4.85 Å². The SMILES string of the molecule is [C-]#[N+][C@H](c1ccc(F)c(F)c1)S(=O)(=O)c1ccc(C)cc1. The van der Waals surface area contributed by atoms with Crippen LogP contribution in [0, 0.1) is 25.1 Å². The molecule has 108 valence electrons. The van der Waals surface area contributed by atoms with Gasteiger partial charge < -0.3 is 0 Å². The van der Waals surface area contributed by atoms with Crippen molar-refractivity contribution in [1.82, 2.24) is 0 Å². The van der Waals surface area contributed by atoms with E-state index in [0.29, 0.717) is 0 Å². The van der Waals surface area contributed by atoms with Crippen LogP contribution < -0.4 is 0 Å². The maximum Gasteiger partial charge on any atom is 0.350 e. The summed E-state index contributed by atoms with van der Waals surface area (Å²) in [4.78, 5) is 3.04. The molecule has 0 saturated heterocycles. The van der Waals surface area contributed by atoms with Gasteiger partial charge >= 0.3 is 5.37 Å². The average Bonchev–Trinajstić information content (AvgIpc) is 2.44. The third-order valence-electron chi connectivity index (χ3n) is 2.99. The normalized spacial score (nSPS) is 12.7. The Morgan fingerprint density at radius 1 is 1.05 bits per heavy atom. The van der Waals surface area contributed by atoms with E-state index in [1.165, 1.54) is 12.1 Å². The zero-order valence-corrected chi connectivity index (χ0v) is 11.9. The monoisotopic (exact) mass is 307 g/mol. The summed E-state index contributed by atoms with van der Waals surface area (Å²) < 4.78 is 51.1. The zero-order valence-electron chi connectivity index (χ0n) is 11.0. The minimum Gasteiger partial charge on any atom is -0.291 e. The van der Waals surface area contributed by atoms with E-state index >= 15 is 0 Å². The van der Waals surface area contributed by atoms with Gasteiger partial charge in [0.15, 0.2) is 11.6 Å². The van der Waals surface area contributed by atoms with Crippen LogP contribution >= 0.6 is 0 Å². The summed E-state index contributed by atoms with van der Waals surface area (Å²) in [5.41, 5.74) is 0.783. The van der Waals surface area contributed by atoms with Crippen molar-refractivity contribution in [3.63, 3.8) is 0 Å². The molecular formula is C15H11F2NO2S. The second kappa shape index (κ2) is 5.62. The molecule has 0 unspecified atom stereocenters. The molecule has 2 aromatic carbocycles. The molecule has 0 bridgehead atoms. The van der Waals surface area contributed by atoms with E-state index in [1.54, 1.807) is 19.1 Å². The van der Waals surface area contributed by atoms with E-state index in [4.69, 9.17) is 6.57 Å². The van der Waals surface area contributed by atoms with Crippen molar-refractivity contribution in [2.75, 3.05) is 0 Å². The zero-order chi connectivity index (χ0) is 15.6. The molecule has 0 N–H and O–H groups in total. The fourth-order valence-electron chi connectivity index (χ4n) is 1.85. The van der Waals surface area contributed by atoms with Crippen LogP contribution in [0.5, 0.6) is 0 Å². The largest absolute Gasteiger partial charge is 0.350 e. The van der Waals surface area contributed by atoms with Gasteiger partial charge in [-0.3, -0.25) is 4.85 Å². The Morgan fingerprint density at radius 3 is 2.19 bits per heavy atom. The average molecular weight is 307 g/mol. The molecule has 0 aliphatic rings. The fourth-order valence-corrected chi connectivity index (χ4v) is 3.26. The minimum absolute atomic E-state index is 0.0289. The highest BCUT2D eigenvalue weighted by atomic mass is 32.2. The van der Waals surface area contributed by atoms with Gasteiger partial charge in [0.1, 0.15) is 0 Å². The first-order chi connectivity index (χ1) is 9.86. The van der Waals surface area contributed by atoms with Crippen LogP contribution in [0.1, 0.15) is 16.5 Å². The maximum absolute atomic E-state index is 13.2. The van der Waals surface area contributed by atoms with Crippen LogP contribution in [-0.4, -0.2) is 8.42 Å². The Bertz CT molecular complexity index is 809. The summed E-state index contributed by atoms with van der Waals surface area (Å²) in [5, 5.41) is -1.60. The molecule has 0 heterocycles. The number of benzene rings is 2. The summed E-state index contributed by atoms with van der Waals surface area (Å²) in [6, 6.07) is 8.66. The molecule has 0 amide bonds. The van der Waals surface area contributed by atoms with Crippen LogP contribution in [0.25, 0.3) is 4.85 Å². The molecule has 0 spiro atoms. The fraction of sp³-hybridized carbons (Fsp3) is 0.133. The Labute approximate surface area is 121 Å². The lowest BCUT2D eigenvalue weighted by atomic mass is 10.2. The third kappa shape index (κ3) is 2.93. The highest BCUT2D eigenvalue weighted by molar-refractivity contribution is 7.91. The van der Waals surface area contributed by atoms with E-state index < -0.39 is 26.8 Å². The number of aryl methyl sites for hydroxylation is 1. The molecule has 0 aliphatic carbocycles. The number of hydrogen-bond donors (Lipinski definition) is 0. The van der Waals surface area contributed by atoms with Gasteiger partial charge in [-0.1, -0.05) is 17.7 Å². The molecule has 0 radical (unpaired) electrons. The van der Waals surface area contributed by atoms with Gasteiger partial charge in [-0.2, -0.15) is 0 Å². The first kappa shape index (κ1) is 15.1. The van der Waals surface area contributed by atoms with Gasteiger partial charge in [0.25, 0.3) is 9.84 Å². The summed E-state index contributed by atoms with van der Waals surface area (Å²) >= 11 is 0. The first-order valence-electron chi connectivity index (χ1n) is 5.98. The van der Waals surface area contributed by atoms with Crippen LogP contribution in [0.2, 0.25) is 0 Å². The van der Waals surface area contributed by atoms with Gasteiger partial charge in [0, 0.05) is 0 Å². The summed E-state index contributed by atoms with van der Waals surface area (Å²) in [6.45, 7) is 8.90. The predicted octanol–water partition coefficient (Wildman–Crippen LogP) is 3.67. The van der Waals surface area contributed by atoms with Crippen molar-refractivity contribution in [3.05, 3.63) is 76.6 Å².